The minimum Gasteiger partial charge on any atom is -0.481 e. The fourth-order valence-corrected chi connectivity index (χ4v) is 4.93. The predicted molar refractivity (Wildman–Crippen MR) is 78.3 cm³/mol. The molecule has 1 rings (SSSR count). The van der Waals surface area contributed by atoms with Gasteiger partial charge in [-0.3, -0.25) is 4.79 Å². The van der Waals surface area contributed by atoms with Crippen molar-refractivity contribution in [3.8, 4) is 0 Å². The van der Waals surface area contributed by atoms with Crippen molar-refractivity contribution in [2.45, 2.75) is 17.6 Å². The van der Waals surface area contributed by atoms with Gasteiger partial charge >= 0.3 is 5.97 Å². The number of nitrogens with one attached hydrogen (secondary N) is 2. The molecule has 1 aromatic rings. The second kappa shape index (κ2) is 7.31. The van der Waals surface area contributed by atoms with Crippen molar-refractivity contribution >= 4 is 37.4 Å². The van der Waals surface area contributed by atoms with E-state index in [0.717, 1.165) is 11.3 Å². The zero-order valence-electron chi connectivity index (χ0n) is 11.2. The maximum atomic E-state index is 11.9. The summed E-state index contributed by atoms with van der Waals surface area (Å²) >= 11 is 0.840. The molecule has 11 heteroatoms. The van der Waals surface area contributed by atoms with Crippen LogP contribution in [0.4, 0.5) is 0 Å². The van der Waals surface area contributed by atoms with E-state index < -0.39 is 26.0 Å². The Morgan fingerprint density at radius 1 is 1.24 bits per heavy atom. The first-order valence-corrected chi connectivity index (χ1v) is 9.89. The lowest BCUT2D eigenvalue weighted by molar-refractivity contribution is -0.136. The van der Waals surface area contributed by atoms with Crippen LogP contribution in [-0.2, 0) is 31.3 Å². The highest BCUT2D eigenvalue weighted by molar-refractivity contribution is 7.92. The smallest absolute Gasteiger partial charge is 0.308 e. The lowest BCUT2D eigenvalue weighted by Crippen LogP contribution is -2.34. The molecule has 0 fully saturated rings. The van der Waals surface area contributed by atoms with E-state index in [-0.39, 0.29) is 29.5 Å². The summed E-state index contributed by atoms with van der Waals surface area (Å²) in [5.41, 5.74) is 0. The van der Waals surface area contributed by atoms with E-state index >= 15 is 0 Å². The van der Waals surface area contributed by atoms with Gasteiger partial charge in [0.1, 0.15) is 4.21 Å². The number of aliphatic carboxylic acids is 1. The van der Waals surface area contributed by atoms with E-state index in [4.69, 9.17) is 5.11 Å². The summed E-state index contributed by atoms with van der Waals surface area (Å²) in [4.78, 5) is 10.9. The molecule has 0 radical (unpaired) electrons. The van der Waals surface area contributed by atoms with Gasteiger partial charge in [0.25, 0.3) is 0 Å². The number of carboxylic acids is 1. The first kappa shape index (κ1) is 18.0. The van der Waals surface area contributed by atoms with Crippen LogP contribution in [0.3, 0.4) is 0 Å². The number of carboxylic acid groups (broad SMARTS) is 1. The predicted octanol–water partition coefficient (Wildman–Crippen LogP) is -0.407. The van der Waals surface area contributed by atoms with Gasteiger partial charge in [-0.2, -0.15) is 0 Å². The molecule has 0 amide bonds. The van der Waals surface area contributed by atoms with Crippen molar-refractivity contribution in [3.63, 3.8) is 0 Å². The van der Waals surface area contributed by atoms with E-state index in [1.807, 2.05) is 0 Å². The molecule has 0 bridgehead atoms. The monoisotopic (exact) mass is 356 g/mol. The molecular weight excluding hydrogens is 340 g/mol. The van der Waals surface area contributed by atoms with Gasteiger partial charge in [0, 0.05) is 18.0 Å². The van der Waals surface area contributed by atoms with Crippen LogP contribution in [0.5, 0.6) is 0 Å². The van der Waals surface area contributed by atoms with Gasteiger partial charge in [-0.15, -0.1) is 11.3 Å². The molecule has 3 N–H and O–H groups in total. The van der Waals surface area contributed by atoms with Gasteiger partial charge in [0.15, 0.2) is 0 Å². The van der Waals surface area contributed by atoms with Crippen LogP contribution in [0.25, 0.3) is 0 Å². The van der Waals surface area contributed by atoms with Gasteiger partial charge < -0.3 is 5.11 Å². The molecule has 0 unspecified atom stereocenters. The Bertz CT molecular complexity index is 692. The van der Waals surface area contributed by atoms with E-state index in [0.29, 0.717) is 4.88 Å². The minimum absolute atomic E-state index is 0.0420. The van der Waals surface area contributed by atoms with Crippen LogP contribution in [0.1, 0.15) is 11.8 Å². The number of carbonyl (C=O) groups is 1. The third-order valence-electron chi connectivity index (χ3n) is 2.25. The lowest BCUT2D eigenvalue weighted by atomic mass is 10.3. The van der Waals surface area contributed by atoms with Crippen molar-refractivity contribution in [2.75, 3.05) is 18.8 Å². The molecule has 0 atom stereocenters. The molecule has 0 aliphatic heterocycles. The molecule has 0 aliphatic rings. The zero-order valence-corrected chi connectivity index (χ0v) is 13.6. The average molecular weight is 356 g/mol. The molecule has 1 aromatic heterocycles. The molecular formula is C10H16N2O6S3. The molecule has 8 nitrogen and oxygen atoms in total. The Morgan fingerprint density at radius 3 is 2.48 bits per heavy atom. The third-order valence-corrected chi connectivity index (χ3v) is 6.76. The lowest BCUT2D eigenvalue weighted by Gasteiger charge is -2.06. The van der Waals surface area contributed by atoms with E-state index in [1.165, 1.54) is 12.1 Å². The quantitative estimate of drug-likeness (QED) is 0.552. The molecule has 21 heavy (non-hydrogen) atoms. The van der Waals surface area contributed by atoms with E-state index in [2.05, 4.69) is 9.44 Å². The highest BCUT2D eigenvalue weighted by Crippen LogP contribution is 2.21. The highest BCUT2D eigenvalue weighted by Gasteiger charge is 2.18. The number of rotatable bonds is 9. The van der Waals surface area contributed by atoms with E-state index in [1.54, 1.807) is 6.92 Å². The van der Waals surface area contributed by atoms with Gasteiger partial charge in [0.05, 0.1) is 12.2 Å². The molecule has 0 aliphatic carbocycles. The number of thiophene rings is 1. The Hall–Kier alpha value is -1.01. The summed E-state index contributed by atoms with van der Waals surface area (Å²) in [5.74, 6) is -1.42. The van der Waals surface area contributed by atoms with Crippen LogP contribution in [0, 0.1) is 0 Å². The van der Waals surface area contributed by atoms with Crippen LogP contribution in [-0.4, -0.2) is 46.8 Å². The highest BCUT2D eigenvalue weighted by atomic mass is 32.2. The van der Waals surface area contributed by atoms with Gasteiger partial charge in [-0.25, -0.2) is 26.3 Å². The van der Waals surface area contributed by atoms with Crippen molar-refractivity contribution in [2.24, 2.45) is 0 Å². The Kier molecular flexibility index (Phi) is 6.28. The van der Waals surface area contributed by atoms with Crippen molar-refractivity contribution in [1.29, 1.82) is 0 Å². The second-order valence-electron chi connectivity index (χ2n) is 4.01. The molecule has 0 saturated heterocycles. The fraction of sp³-hybridized carbons (Fsp3) is 0.500. The summed E-state index contributed by atoms with van der Waals surface area (Å²) < 4.78 is 50.9. The van der Waals surface area contributed by atoms with Gasteiger partial charge in [0.2, 0.25) is 20.0 Å². The summed E-state index contributed by atoms with van der Waals surface area (Å²) in [6.45, 7) is 1.60. The van der Waals surface area contributed by atoms with Crippen LogP contribution in [0.2, 0.25) is 0 Å². The molecule has 0 spiro atoms. The average Bonchev–Trinajstić information content (AvgIpc) is 2.76. The molecule has 120 valence electrons. The summed E-state index contributed by atoms with van der Waals surface area (Å²) in [6.07, 6.45) is -0.255. The summed E-state index contributed by atoms with van der Waals surface area (Å²) in [7, 11) is -7.33. The van der Waals surface area contributed by atoms with Gasteiger partial charge in [-0.1, -0.05) is 6.92 Å². The fourth-order valence-electron chi connectivity index (χ4n) is 1.42. The number of sulfonamides is 2. The Balaban J connectivity index is 2.65. The minimum atomic E-state index is -3.83. The number of hydrogen-bond acceptors (Lipinski definition) is 6. The standard InChI is InChI=1S/C10H16N2O6S3/c1-2-11-20(15,16)6-5-12-21(17,18)10-4-3-8(19-10)7-9(13)14/h3-4,11-12H,2,5-7H2,1H3,(H,13,14). The van der Waals surface area contributed by atoms with Crippen LogP contribution < -0.4 is 9.44 Å². The molecule has 0 aromatic carbocycles. The normalized spacial score (nSPS) is 12.4. The largest absolute Gasteiger partial charge is 0.481 e. The van der Waals surface area contributed by atoms with E-state index in [9.17, 15) is 21.6 Å². The summed E-state index contributed by atoms with van der Waals surface area (Å²) in [6, 6.07) is 2.72. The molecule has 0 saturated carbocycles. The number of hydrogen-bond donors (Lipinski definition) is 3. The zero-order chi connectivity index (χ0) is 16.1. The Morgan fingerprint density at radius 2 is 1.90 bits per heavy atom. The SMILES string of the molecule is CCNS(=O)(=O)CCNS(=O)(=O)c1ccc(CC(=O)O)s1. The Labute approximate surface area is 127 Å². The maximum Gasteiger partial charge on any atom is 0.308 e. The second-order valence-corrected chi connectivity index (χ2v) is 9.09. The first-order chi connectivity index (χ1) is 9.66. The first-order valence-electron chi connectivity index (χ1n) is 5.94. The molecule has 1 heterocycles. The topological polar surface area (TPSA) is 130 Å². The van der Waals surface area contributed by atoms with Crippen molar-refractivity contribution in [3.05, 3.63) is 17.0 Å². The van der Waals surface area contributed by atoms with Crippen LogP contribution >= 0.6 is 11.3 Å². The third kappa shape index (κ3) is 6.09. The maximum absolute atomic E-state index is 11.9. The van der Waals surface area contributed by atoms with Crippen LogP contribution in [0.15, 0.2) is 16.3 Å². The van der Waals surface area contributed by atoms with Crippen molar-refractivity contribution in [1.82, 2.24) is 9.44 Å². The summed E-state index contributed by atoms with van der Waals surface area (Å²) in [5, 5.41) is 8.63. The van der Waals surface area contributed by atoms with Gasteiger partial charge in [-0.05, 0) is 12.1 Å². The van der Waals surface area contributed by atoms with Crippen molar-refractivity contribution < 1.29 is 26.7 Å².